The zero-order valence-electron chi connectivity index (χ0n) is 17.3. The monoisotopic (exact) mass is 424 g/mol. The molecule has 0 aliphatic carbocycles. The molecule has 156 valence electrons. The molecular weight excluding hydrogens is 400 g/mol. The number of hydrogen-bond donors (Lipinski definition) is 2. The van der Waals surface area contributed by atoms with Crippen LogP contribution in [0, 0.1) is 0 Å². The van der Waals surface area contributed by atoms with E-state index < -0.39 is 0 Å². The molecule has 7 heteroatoms. The molecule has 0 fully saturated rings. The maximum absolute atomic E-state index is 12.9. The number of carbonyl (C=O) groups excluding carboxylic acids is 2. The first-order chi connectivity index (χ1) is 14.3. The van der Waals surface area contributed by atoms with E-state index in [1.807, 2.05) is 69.3 Å². The molecule has 3 aromatic rings. The lowest BCUT2D eigenvalue weighted by Crippen LogP contribution is -2.36. The van der Waals surface area contributed by atoms with Crippen LogP contribution in [-0.4, -0.2) is 28.1 Å². The second-order valence-electron chi connectivity index (χ2n) is 7.93. The zero-order valence-corrected chi connectivity index (χ0v) is 18.0. The van der Waals surface area contributed by atoms with E-state index >= 15 is 0 Å². The van der Waals surface area contributed by atoms with Gasteiger partial charge in [0.25, 0.3) is 5.91 Å². The van der Waals surface area contributed by atoms with Gasteiger partial charge in [0.05, 0.1) is 22.7 Å². The molecule has 0 saturated carbocycles. The van der Waals surface area contributed by atoms with Gasteiger partial charge in [-0.25, -0.2) is 0 Å². The molecule has 0 spiro atoms. The number of carbonyl (C=O) groups is 2. The molecule has 2 N–H and O–H groups in total. The van der Waals surface area contributed by atoms with Crippen LogP contribution < -0.4 is 10.6 Å². The average molecular weight is 425 g/mol. The zero-order chi connectivity index (χ0) is 21.7. The maximum Gasteiger partial charge on any atom is 0.255 e. The summed E-state index contributed by atoms with van der Waals surface area (Å²) in [5.74, 6) is -0.648. The minimum absolute atomic E-state index is 0.131. The minimum Gasteiger partial charge on any atom is -0.350 e. The summed E-state index contributed by atoms with van der Waals surface area (Å²) in [6, 6.07) is 16.8. The molecule has 0 bridgehead atoms. The summed E-state index contributed by atoms with van der Waals surface area (Å²) in [5.41, 5.74) is 2.19. The van der Waals surface area contributed by atoms with Crippen molar-refractivity contribution in [3.63, 3.8) is 0 Å². The topological polar surface area (TPSA) is 76.0 Å². The number of benzene rings is 2. The van der Waals surface area contributed by atoms with E-state index in [1.165, 1.54) is 0 Å². The van der Waals surface area contributed by atoms with Gasteiger partial charge in [-0.2, -0.15) is 5.10 Å². The van der Waals surface area contributed by atoms with Gasteiger partial charge >= 0.3 is 0 Å². The summed E-state index contributed by atoms with van der Waals surface area (Å²) in [7, 11) is 0. The van der Waals surface area contributed by atoms with E-state index in [0.29, 0.717) is 28.4 Å². The van der Waals surface area contributed by atoms with Gasteiger partial charge in [0.15, 0.2) is 0 Å². The van der Waals surface area contributed by atoms with Gasteiger partial charge < -0.3 is 10.6 Å². The van der Waals surface area contributed by atoms with Crippen molar-refractivity contribution in [3.8, 4) is 11.3 Å². The Labute approximate surface area is 181 Å². The number of aromatic nitrogens is 2. The number of nitrogens with one attached hydrogen (secondary N) is 2. The smallest absolute Gasteiger partial charge is 0.255 e. The molecular formula is C23H25ClN4O2. The maximum atomic E-state index is 12.9. The van der Waals surface area contributed by atoms with Crippen LogP contribution in [0.4, 0.5) is 0 Å². The molecule has 1 heterocycles. The van der Waals surface area contributed by atoms with Crippen molar-refractivity contribution in [3.05, 3.63) is 76.9 Å². The largest absolute Gasteiger partial charge is 0.350 e. The van der Waals surface area contributed by atoms with Crippen molar-refractivity contribution in [2.75, 3.05) is 6.54 Å². The lowest BCUT2D eigenvalue weighted by molar-refractivity contribution is -0.120. The van der Waals surface area contributed by atoms with E-state index in [-0.39, 0.29) is 23.9 Å². The van der Waals surface area contributed by atoms with Crippen molar-refractivity contribution >= 4 is 23.4 Å². The van der Waals surface area contributed by atoms with Gasteiger partial charge in [-0.3, -0.25) is 14.3 Å². The first-order valence-corrected chi connectivity index (χ1v) is 10.1. The van der Waals surface area contributed by atoms with Crippen molar-refractivity contribution in [1.29, 1.82) is 0 Å². The fourth-order valence-electron chi connectivity index (χ4n) is 2.85. The first-order valence-electron chi connectivity index (χ1n) is 9.69. The van der Waals surface area contributed by atoms with Gasteiger partial charge in [0.2, 0.25) is 5.91 Å². The Hall–Kier alpha value is -3.12. The molecule has 6 nitrogen and oxygen atoms in total. The van der Waals surface area contributed by atoms with Crippen LogP contribution in [0.3, 0.4) is 0 Å². The van der Waals surface area contributed by atoms with Gasteiger partial charge in [0.1, 0.15) is 5.69 Å². The van der Waals surface area contributed by atoms with E-state index in [9.17, 15) is 9.59 Å². The Kier molecular flexibility index (Phi) is 6.57. The van der Waals surface area contributed by atoms with Crippen LogP contribution in [0.1, 0.15) is 36.7 Å². The van der Waals surface area contributed by atoms with Crippen molar-refractivity contribution in [2.24, 2.45) is 0 Å². The Balaban J connectivity index is 1.74. The standard InChI is InChI=1S/C23H25ClN4O2/c1-23(2,3)28-15-18(21(27-28)17-11-7-8-12-19(17)24)22(30)26-14-20(29)25-13-16-9-5-4-6-10-16/h4-12,15H,13-14H2,1-3H3,(H,25,29)(H,26,30). The highest BCUT2D eigenvalue weighted by Gasteiger charge is 2.24. The molecule has 0 unspecified atom stereocenters. The van der Waals surface area contributed by atoms with Gasteiger partial charge in [-0.15, -0.1) is 0 Å². The summed E-state index contributed by atoms with van der Waals surface area (Å²) in [6.45, 7) is 6.26. The highest BCUT2D eigenvalue weighted by Crippen LogP contribution is 2.30. The second kappa shape index (κ2) is 9.13. The summed E-state index contributed by atoms with van der Waals surface area (Å²) in [4.78, 5) is 25.0. The molecule has 0 aliphatic rings. The molecule has 0 aliphatic heterocycles. The van der Waals surface area contributed by atoms with Crippen LogP contribution in [0.15, 0.2) is 60.8 Å². The van der Waals surface area contributed by atoms with Gasteiger partial charge in [0, 0.05) is 18.3 Å². The minimum atomic E-state index is -0.379. The number of halogens is 1. The molecule has 30 heavy (non-hydrogen) atoms. The van der Waals surface area contributed by atoms with Crippen LogP contribution in [-0.2, 0) is 16.9 Å². The lowest BCUT2D eigenvalue weighted by Gasteiger charge is -2.18. The van der Waals surface area contributed by atoms with E-state index in [4.69, 9.17) is 11.6 Å². The quantitative estimate of drug-likeness (QED) is 0.627. The summed E-state index contributed by atoms with van der Waals surface area (Å²) in [6.07, 6.45) is 1.69. The van der Waals surface area contributed by atoms with Gasteiger partial charge in [-0.05, 0) is 32.4 Å². The number of amides is 2. The Morgan fingerprint density at radius 3 is 2.33 bits per heavy atom. The van der Waals surface area contributed by atoms with Crippen molar-refractivity contribution in [1.82, 2.24) is 20.4 Å². The fourth-order valence-corrected chi connectivity index (χ4v) is 3.08. The Morgan fingerprint density at radius 2 is 1.67 bits per heavy atom. The Morgan fingerprint density at radius 1 is 1.00 bits per heavy atom. The van der Waals surface area contributed by atoms with E-state index in [1.54, 1.807) is 16.9 Å². The summed E-state index contributed by atoms with van der Waals surface area (Å²) < 4.78 is 1.73. The van der Waals surface area contributed by atoms with Crippen molar-refractivity contribution < 1.29 is 9.59 Å². The molecule has 0 saturated heterocycles. The third-order valence-electron chi connectivity index (χ3n) is 4.52. The second-order valence-corrected chi connectivity index (χ2v) is 8.34. The lowest BCUT2D eigenvalue weighted by atomic mass is 10.1. The molecule has 0 radical (unpaired) electrons. The molecule has 2 amide bonds. The van der Waals surface area contributed by atoms with E-state index in [0.717, 1.165) is 5.56 Å². The van der Waals surface area contributed by atoms with Gasteiger partial charge in [-0.1, -0.05) is 60.1 Å². The summed E-state index contributed by atoms with van der Waals surface area (Å²) >= 11 is 6.34. The molecule has 0 atom stereocenters. The average Bonchev–Trinajstić information content (AvgIpc) is 3.17. The first kappa shape index (κ1) is 21.6. The SMILES string of the molecule is CC(C)(C)n1cc(C(=O)NCC(=O)NCc2ccccc2)c(-c2ccccc2Cl)n1. The number of hydrogen-bond acceptors (Lipinski definition) is 3. The van der Waals surface area contributed by atoms with Crippen LogP contribution >= 0.6 is 11.6 Å². The van der Waals surface area contributed by atoms with Crippen molar-refractivity contribution in [2.45, 2.75) is 32.9 Å². The highest BCUT2D eigenvalue weighted by atomic mass is 35.5. The van der Waals surface area contributed by atoms with E-state index in [2.05, 4.69) is 15.7 Å². The van der Waals surface area contributed by atoms with Crippen LogP contribution in [0.5, 0.6) is 0 Å². The fraction of sp³-hybridized carbons (Fsp3) is 0.261. The van der Waals surface area contributed by atoms with Crippen LogP contribution in [0.25, 0.3) is 11.3 Å². The highest BCUT2D eigenvalue weighted by molar-refractivity contribution is 6.33. The third-order valence-corrected chi connectivity index (χ3v) is 4.85. The normalized spacial score (nSPS) is 11.2. The number of rotatable bonds is 6. The predicted molar refractivity (Wildman–Crippen MR) is 118 cm³/mol. The summed E-state index contributed by atoms with van der Waals surface area (Å²) in [5, 5.41) is 10.6. The predicted octanol–water partition coefficient (Wildman–Crippen LogP) is 4.00. The van der Waals surface area contributed by atoms with Crippen LogP contribution in [0.2, 0.25) is 5.02 Å². The third kappa shape index (κ3) is 5.27. The Bertz CT molecular complexity index is 1040. The molecule has 3 rings (SSSR count). The molecule has 1 aromatic heterocycles. The number of nitrogens with zero attached hydrogens (tertiary/aromatic N) is 2. The molecule has 2 aromatic carbocycles.